The molecule has 1 amide bonds. The number of nitrogens with zero attached hydrogens (tertiary/aromatic N) is 4. The second-order valence-corrected chi connectivity index (χ2v) is 8.65. The molecule has 37 heavy (non-hydrogen) atoms. The predicted octanol–water partition coefficient (Wildman–Crippen LogP) is 3.80. The number of halogens is 4. The summed E-state index contributed by atoms with van der Waals surface area (Å²) in [4.78, 5) is 22.9. The standard InChI is InChI=1S/C24H21F4N7O2/c1-11(36)19-15-9-35(10-18(15)33-34-19)23-31-20-12(21(29)37)4-2-5-13(20)22(32-23)30-8-14-16(24(26,27)28)6-3-7-17(14)25/h2-7,11,36H,8-10H2,1H3,(H2,29,37)(H,33,34)(H,30,31,32). The lowest BCUT2D eigenvalue weighted by Gasteiger charge is -2.20. The highest BCUT2D eigenvalue weighted by atomic mass is 19.4. The molecule has 3 heterocycles. The molecular weight excluding hydrogens is 494 g/mol. The number of nitrogens with one attached hydrogen (secondary N) is 2. The van der Waals surface area contributed by atoms with Crippen LogP contribution in [0.2, 0.25) is 0 Å². The van der Waals surface area contributed by atoms with Gasteiger partial charge < -0.3 is 21.1 Å². The van der Waals surface area contributed by atoms with Gasteiger partial charge in [-0.05, 0) is 31.2 Å². The van der Waals surface area contributed by atoms with E-state index >= 15 is 0 Å². The highest BCUT2D eigenvalue weighted by Gasteiger charge is 2.34. The van der Waals surface area contributed by atoms with E-state index in [1.165, 1.54) is 6.07 Å². The lowest BCUT2D eigenvalue weighted by molar-refractivity contribution is -0.138. The minimum absolute atomic E-state index is 0.0927. The number of H-pyrrole nitrogens is 1. The lowest BCUT2D eigenvalue weighted by atomic mass is 10.1. The summed E-state index contributed by atoms with van der Waals surface area (Å²) < 4.78 is 54.9. The Morgan fingerprint density at radius 2 is 1.97 bits per heavy atom. The Morgan fingerprint density at radius 1 is 1.22 bits per heavy atom. The number of nitrogens with two attached hydrogens (primary N) is 1. The Bertz CT molecular complexity index is 1520. The molecule has 0 bridgehead atoms. The van der Waals surface area contributed by atoms with E-state index in [0.29, 0.717) is 24.2 Å². The monoisotopic (exact) mass is 515 g/mol. The number of hydrogen-bond acceptors (Lipinski definition) is 7. The minimum atomic E-state index is -4.75. The van der Waals surface area contributed by atoms with Crippen molar-refractivity contribution in [3.8, 4) is 0 Å². The first kappa shape index (κ1) is 24.4. The van der Waals surface area contributed by atoms with Crippen molar-refractivity contribution in [2.24, 2.45) is 5.73 Å². The number of anilines is 2. The van der Waals surface area contributed by atoms with Gasteiger partial charge in [-0.25, -0.2) is 9.37 Å². The third-order valence-corrected chi connectivity index (χ3v) is 6.20. The van der Waals surface area contributed by atoms with E-state index in [0.717, 1.165) is 29.5 Å². The molecular formula is C24H21F4N7O2. The molecule has 0 radical (unpaired) electrons. The van der Waals surface area contributed by atoms with E-state index in [-0.39, 0.29) is 22.8 Å². The molecule has 4 aromatic rings. The van der Waals surface area contributed by atoms with Crippen LogP contribution in [-0.4, -0.2) is 31.2 Å². The first-order valence-corrected chi connectivity index (χ1v) is 11.2. The highest BCUT2D eigenvalue weighted by Crippen LogP contribution is 2.35. The van der Waals surface area contributed by atoms with Crippen molar-refractivity contribution in [3.63, 3.8) is 0 Å². The zero-order valence-corrected chi connectivity index (χ0v) is 19.4. The number of amides is 1. The average Bonchev–Trinajstić information content (AvgIpc) is 3.42. The summed E-state index contributed by atoms with van der Waals surface area (Å²) in [6, 6.07) is 7.36. The fourth-order valence-corrected chi connectivity index (χ4v) is 4.44. The normalized spacial score (nSPS) is 14.2. The molecule has 0 aliphatic carbocycles. The number of carbonyl (C=O) groups is 1. The van der Waals surface area contributed by atoms with Crippen LogP contribution in [0.3, 0.4) is 0 Å². The number of para-hydroxylation sites is 1. The summed E-state index contributed by atoms with van der Waals surface area (Å²) in [5.41, 5.74) is 6.16. The number of benzene rings is 2. The summed E-state index contributed by atoms with van der Waals surface area (Å²) in [5.74, 6) is -1.50. The third-order valence-electron chi connectivity index (χ3n) is 6.20. The third kappa shape index (κ3) is 4.42. The molecule has 1 atom stereocenters. The van der Waals surface area contributed by atoms with E-state index in [1.807, 2.05) is 0 Å². The fourth-order valence-electron chi connectivity index (χ4n) is 4.44. The summed E-state index contributed by atoms with van der Waals surface area (Å²) in [6.07, 6.45) is -5.56. The van der Waals surface area contributed by atoms with Crippen molar-refractivity contribution in [2.75, 3.05) is 10.2 Å². The summed E-state index contributed by atoms with van der Waals surface area (Å²) in [7, 11) is 0. The van der Waals surface area contributed by atoms with Crippen LogP contribution in [0.5, 0.6) is 0 Å². The van der Waals surface area contributed by atoms with Crippen molar-refractivity contribution in [1.29, 1.82) is 0 Å². The van der Waals surface area contributed by atoms with E-state index < -0.39 is 41.7 Å². The van der Waals surface area contributed by atoms with Crippen molar-refractivity contribution in [1.82, 2.24) is 20.2 Å². The zero-order valence-electron chi connectivity index (χ0n) is 19.4. The van der Waals surface area contributed by atoms with Gasteiger partial charge in [0, 0.05) is 23.1 Å². The smallest absolute Gasteiger partial charge is 0.387 e. The molecule has 0 fully saturated rings. The molecule has 5 rings (SSSR count). The Labute approximate surface area is 207 Å². The highest BCUT2D eigenvalue weighted by molar-refractivity contribution is 6.07. The van der Waals surface area contributed by atoms with Gasteiger partial charge in [0.2, 0.25) is 5.95 Å². The molecule has 0 spiro atoms. The number of primary amides is 1. The van der Waals surface area contributed by atoms with E-state index in [9.17, 15) is 27.5 Å². The second-order valence-electron chi connectivity index (χ2n) is 8.65. The van der Waals surface area contributed by atoms with E-state index in [1.54, 1.807) is 24.0 Å². The minimum Gasteiger partial charge on any atom is -0.387 e. The largest absolute Gasteiger partial charge is 0.416 e. The Hall–Kier alpha value is -4.26. The van der Waals surface area contributed by atoms with E-state index in [2.05, 4.69) is 25.5 Å². The van der Waals surface area contributed by atoms with Gasteiger partial charge in [-0.15, -0.1) is 0 Å². The number of aliphatic hydroxyl groups is 1. The van der Waals surface area contributed by atoms with Crippen LogP contribution in [0.4, 0.5) is 29.3 Å². The van der Waals surface area contributed by atoms with Gasteiger partial charge >= 0.3 is 6.18 Å². The zero-order chi connectivity index (χ0) is 26.5. The lowest BCUT2D eigenvalue weighted by Crippen LogP contribution is -2.21. The molecule has 2 aromatic heterocycles. The van der Waals surface area contributed by atoms with Crippen LogP contribution in [0.25, 0.3) is 10.9 Å². The van der Waals surface area contributed by atoms with Crippen molar-refractivity contribution >= 4 is 28.6 Å². The summed E-state index contributed by atoms with van der Waals surface area (Å²) >= 11 is 0. The summed E-state index contributed by atoms with van der Waals surface area (Å²) in [6.45, 7) is 1.67. The number of rotatable bonds is 6. The van der Waals surface area contributed by atoms with Gasteiger partial charge in [-0.1, -0.05) is 12.1 Å². The topological polar surface area (TPSA) is 133 Å². The van der Waals surface area contributed by atoms with Crippen LogP contribution in [0.15, 0.2) is 36.4 Å². The van der Waals surface area contributed by atoms with Gasteiger partial charge in [0.1, 0.15) is 11.6 Å². The summed E-state index contributed by atoms with van der Waals surface area (Å²) in [5, 5.41) is 20.1. The van der Waals surface area contributed by atoms with Gasteiger partial charge in [-0.3, -0.25) is 9.89 Å². The molecule has 13 heteroatoms. The number of hydrogen-bond donors (Lipinski definition) is 4. The Morgan fingerprint density at radius 3 is 2.68 bits per heavy atom. The maximum absolute atomic E-state index is 14.4. The fraction of sp³-hybridized carbons (Fsp3) is 0.250. The number of aliphatic hydroxyl groups excluding tert-OH is 1. The van der Waals surface area contributed by atoms with Gasteiger partial charge in [0.25, 0.3) is 5.91 Å². The number of carbonyl (C=O) groups excluding carboxylic acids is 1. The Kier molecular flexibility index (Phi) is 5.94. The van der Waals surface area contributed by atoms with Gasteiger partial charge in [0.05, 0.1) is 47.2 Å². The molecule has 1 unspecified atom stereocenters. The van der Waals surface area contributed by atoms with Crippen LogP contribution in [-0.2, 0) is 25.8 Å². The first-order chi connectivity index (χ1) is 17.5. The SMILES string of the molecule is CC(O)c1n[nH]c2c1CN(c1nc(NCc3c(F)cccc3C(F)(F)F)c3cccc(C(N)=O)c3n1)C2. The average molecular weight is 515 g/mol. The maximum Gasteiger partial charge on any atom is 0.416 e. The van der Waals surface area contributed by atoms with Crippen molar-refractivity contribution in [2.45, 2.75) is 38.8 Å². The number of alkyl halides is 3. The van der Waals surface area contributed by atoms with Crippen LogP contribution >= 0.6 is 0 Å². The number of fused-ring (bicyclic) bond motifs is 2. The first-order valence-electron chi connectivity index (χ1n) is 11.2. The molecule has 0 saturated heterocycles. The maximum atomic E-state index is 14.4. The van der Waals surface area contributed by atoms with Crippen LogP contribution < -0.4 is 16.0 Å². The van der Waals surface area contributed by atoms with Crippen LogP contribution in [0.1, 0.15) is 51.5 Å². The Balaban J connectivity index is 1.57. The van der Waals surface area contributed by atoms with Gasteiger partial charge in [0.15, 0.2) is 0 Å². The van der Waals surface area contributed by atoms with Crippen LogP contribution in [0, 0.1) is 5.82 Å². The van der Waals surface area contributed by atoms with Gasteiger partial charge in [-0.2, -0.15) is 23.3 Å². The predicted molar refractivity (Wildman–Crippen MR) is 126 cm³/mol. The number of aromatic nitrogens is 4. The van der Waals surface area contributed by atoms with Crippen molar-refractivity contribution in [3.05, 3.63) is 75.9 Å². The second kappa shape index (κ2) is 9.00. The van der Waals surface area contributed by atoms with Crippen molar-refractivity contribution < 1.29 is 27.5 Å². The number of aromatic amines is 1. The molecule has 1 aliphatic heterocycles. The molecule has 0 saturated carbocycles. The molecule has 1 aliphatic rings. The quantitative estimate of drug-likeness (QED) is 0.287. The molecule has 9 nitrogen and oxygen atoms in total. The molecule has 5 N–H and O–H groups in total. The molecule has 2 aromatic carbocycles. The van der Waals surface area contributed by atoms with E-state index in [4.69, 9.17) is 5.73 Å². The molecule has 192 valence electrons.